The molecule has 5 atom stereocenters. The number of hydrogen-bond acceptors (Lipinski definition) is 2. The molecule has 2 rings (SSSR count). The Balaban J connectivity index is 2.08. The summed E-state index contributed by atoms with van der Waals surface area (Å²) in [7, 11) is 0. The molecule has 0 radical (unpaired) electrons. The predicted molar refractivity (Wildman–Crippen MR) is 73.6 cm³/mol. The van der Waals surface area contributed by atoms with Crippen LogP contribution in [0.1, 0.15) is 31.9 Å². The van der Waals surface area contributed by atoms with Crippen molar-refractivity contribution in [2.75, 3.05) is 0 Å². The van der Waals surface area contributed by atoms with Gasteiger partial charge in [0, 0.05) is 5.92 Å². The van der Waals surface area contributed by atoms with Crippen LogP contribution in [0.3, 0.4) is 0 Å². The first-order valence-electron chi connectivity index (χ1n) is 6.88. The van der Waals surface area contributed by atoms with E-state index >= 15 is 0 Å². The molecule has 18 heavy (non-hydrogen) atoms. The van der Waals surface area contributed by atoms with E-state index in [0.29, 0.717) is 5.92 Å². The lowest BCUT2D eigenvalue weighted by molar-refractivity contribution is 0.0239. The van der Waals surface area contributed by atoms with Crippen LogP contribution < -0.4 is 0 Å². The van der Waals surface area contributed by atoms with Gasteiger partial charge in [-0.3, -0.25) is 0 Å². The minimum absolute atomic E-state index is 0.147. The van der Waals surface area contributed by atoms with Crippen LogP contribution in [0, 0.1) is 18.8 Å². The fourth-order valence-corrected chi connectivity index (χ4v) is 3.16. The molecule has 1 aromatic carbocycles. The molecular weight excluding hydrogens is 224 g/mol. The first-order chi connectivity index (χ1) is 8.50. The zero-order valence-corrected chi connectivity index (χ0v) is 11.8. The third-order valence-electron chi connectivity index (χ3n) is 4.45. The first-order valence-corrected chi connectivity index (χ1v) is 6.88. The molecule has 1 aromatic rings. The van der Waals surface area contributed by atoms with Crippen LogP contribution in [-0.4, -0.2) is 23.4 Å². The average molecular weight is 248 g/mol. The summed E-state index contributed by atoms with van der Waals surface area (Å²) >= 11 is 0. The molecule has 0 saturated carbocycles. The van der Waals surface area contributed by atoms with Gasteiger partial charge in [-0.05, 0) is 44.2 Å². The smallest absolute Gasteiger partial charge is 0.0636 e. The van der Waals surface area contributed by atoms with Gasteiger partial charge in [-0.15, -0.1) is 0 Å². The second-order valence-electron chi connectivity index (χ2n) is 5.68. The number of rotatable bonds is 3. The second kappa shape index (κ2) is 5.41. The van der Waals surface area contributed by atoms with E-state index in [1.54, 1.807) is 0 Å². The van der Waals surface area contributed by atoms with Crippen molar-refractivity contribution in [1.29, 1.82) is 0 Å². The van der Waals surface area contributed by atoms with Gasteiger partial charge >= 0.3 is 0 Å². The lowest BCUT2D eigenvalue weighted by Crippen LogP contribution is -2.32. The Kier molecular flexibility index (Phi) is 4.08. The molecule has 0 aromatic heterocycles. The molecule has 2 heteroatoms. The average Bonchev–Trinajstić information content (AvgIpc) is 2.56. The van der Waals surface area contributed by atoms with Crippen molar-refractivity contribution >= 4 is 0 Å². The lowest BCUT2D eigenvalue weighted by atomic mass is 9.82. The lowest BCUT2D eigenvalue weighted by Gasteiger charge is -2.25. The first kappa shape index (κ1) is 13.6. The number of aliphatic hydroxyl groups excluding tert-OH is 1. The predicted octanol–water partition coefficient (Wildman–Crippen LogP) is 2.96. The van der Waals surface area contributed by atoms with Gasteiger partial charge in [0.15, 0.2) is 0 Å². The summed E-state index contributed by atoms with van der Waals surface area (Å²) in [6.45, 7) is 8.45. The van der Waals surface area contributed by atoms with Gasteiger partial charge in [0.1, 0.15) is 0 Å². The van der Waals surface area contributed by atoms with Crippen LogP contribution in [0.25, 0.3) is 0 Å². The van der Waals surface area contributed by atoms with Gasteiger partial charge < -0.3 is 9.84 Å². The van der Waals surface area contributed by atoms with Crippen LogP contribution in [0.15, 0.2) is 24.3 Å². The zero-order valence-electron chi connectivity index (χ0n) is 11.8. The molecule has 0 bridgehead atoms. The summed E-state index contributed by atoms with van der Waals surface area (Å²) in [5.74, 6) is 0.652. The summed E-state index contributed by atoms with van der Waals surface area (Å²) in [6, 6.07) is 8.28. The Hall–Kier alpha value is -0.860. The summed E-state index contributed by atoms with van der Waals surface area (Å²) in [5.41, 5.74) is 2.49. The molecule has 1 aliphatic rings. The molecule has 1 saturated heterocycles. The Labute approximate surface area is 110 Å². The molecule has 5 unspecified atom stereocenters. The molecule has 1 N–H and O–H groups in total. The number of aryl methyl sites for hydroxylation is 1. The number of benzene rings is 1. The summed E-state index contributed by atoms with van der Waals surface area (Å²) in [5, 5.41) is 10.5. The van der Waals surface area contributed by atoms with Crippen molar-refractivity contribution in [2.45, 2.75) is 52.4 Å². The maximum Gasteiger partial charge on any atom is 0.0636 e. The van der Waals surface area contributed by atoms with Crippen molar-refractivity contribution in [3.63, 3.8) is 0 Å². The summed E-state index contributed by atoms with van der Waals surface area (Å²) < 4.78 is 5.82. The molecule has 1 aliphatic heterocycles. The molecule has 1 fully saturated rings. The van der Waals surface area contributed by atoms with Crippen molar-refractivity contribution in [2.24, 2.45) is 11.8 Å². The van der Waals surface area contributed by atoms with Crippen LogP contribution in [0.5, 0.6) is 0 Å². The van der Waals surface area contributed by atoms with Gasteiger partial charge in [-0.1, -0.05) is 31.2 Å². The normalized spacial score (nSPS) is 33.6. The molecule has 0 aliphatic carbocycles. The van der Waals surface area contributed by atoms with E-state index in [1.165, 1.54) is 11.1 Å². The van der Waals surface area contributed by atoms with Crippen molar-refractivity contribution < 1.29 is 9.84 Å². The third kappa shape index (κ3) is 2.60. The van der Waals surface area contributed by atoms with E-state index < -0.39 is 0 Å². The molecular formula is C16H24O2. The maximum absolute atomic E-state index is 10.5. The van der Waals surface area contributed by atoms with Crippen molar-refractivity contribution in [3.8, 4) is 0 Å². The highest BCUT2D eigenvalue weighted by Gasteiger charge is 2.40. The largest absolute Gasteiger partial charge is 0.392 e. The topological polar surface area (TPSA) is 29.5 Å². The van der Waals surface area contributed by atoms with Crippen LogP contribution in [0.4, 0.5) is 0 Å². The Morgan fingerprint density at radius 2 is 1.83 bits per heavy atom. The minimum Gasteiger partial charge on any atom is -0.392 e. The SMILES string of the molecule is Cc1ccccc1CC(O)C1C(C)OC(C)C1C. The number of ether oxygens (including phenoxy) is 1. The fourth-order valence-electron chi connectivity index (χ4n) is 3.16. The van der Waals surface area contributed by atoms with Crippen LogP contribution in [0.2, 0.25) is 0 Å². The van der Waals surface area contributed by atoms with E-state index in [9.17, 15) is 5.11 Å². The van der Waals surface area contributed by atoms with Gasteiger partial charge in [0.05, 0.1) is 18.3 Å². The van der Waals surface area contributed by atoms with Gasteiger partial charge in [0.25, 0.3) is 0 Å². The van der Waals surface area contributed by atoms with E-state index in [0.717, 1.165) is 6.42 Å². The monoisotopic (exact) mass is 248 g/mol. The van der Waals surface area contributed by atoms with Crippen LogP contribution in [-0.2, 0) is 11.2 Å². The zero-order chi connectivity index (χ0) is 13.3. The van der Waals surface area contributed by atoms with Gasteiger partial charge in [-0.2, -0.15) is 0 Å². The highest BCUT2D eigenvalue weighted by atomic mass is 16.5. The van der Waals surface area contributed by atoms with Gasteiger partial charge in [0.2, 0.25) is 0 Å². The Morgan fingerprint density at radius 1 is 1.17 bits per heavy atom. The van der Waals surface area contributed by atoms with E-state index in [2.05, 4.69) is 39.8 Å². The Morgan fingerprint density at radius 3 is 2.39 bits per heavy atom. The highest BCUT2D eigenvalue weighted by molar-refractivity contribution is 5.26. The molecule has 0 spiro atoms. The molecule has 2 nitrogen and oxygen atoms in total. The second-order valence-corrected chi connectivity index (χ2v) is 5.68. The number of aliphatic hydroxyl groups is 1. The van der Waals surface area contributed by atoms with Gasteiger partial charge in [-0.25, -0.2) is 0 Å². The molecule has 0 amide bonds. The van der Waals surface area contributed by atoms with E-state index in [1.807, 2.05) is 12.1 Å². The Bertz CT molecular complexity index is 402. The standard InChI is InChI=1S/C16H24O2/c1-10-7-5-6-8-14(10)9-15(17)16-11(2)12(3)18-13(16)4/h5-8,11-13,15-17H,9H2,1-4H3. The summed E-state index contributed by atoms with van der Waals surface area (Å²) in [4.78, 5) is 0. The fraction of sp³-hybridized carbons (Fsp3) is 0.625. The van der Waals surface area contributed by atoms with E-state index in [4.69, 9.17) is 4.74 Å². The van der Waals surface area contributed by atoms with Crippen molar-refractivity contribution in [3.05, 3.63) is 35.4 Å². The quantitative estimate of drug-likeness (QED) is 0.891. The number of hydrogen-bond donors (Lipinski definition) is 1. The van der Waals surface area contributed by atoms with Crippen LogP contribution >= 0.6 is 0 Å². The van der Waals surface area contributed by atoms with E-state index in [-0.39, 0.29) is 24.2 Å². The third-order valence-corrected chi connectivity index (χ3v) is 4.45. The molecule has 1 heterocycles. The minimum atomic E-state index is -0.318. The van der Waals surface area contributed by atoms with Crippen molar-refractivity contribution in [1.82, 2.24) is 0 Å². The molecule has 100 valence electrons. The highest BCUT2D eigenvalue weighted by Crippen LogP contribution is 2.35. The maximum atomic E-state index is 10.5. The summed E-state index contributed by atoms with van der Waals surface area (Å²) in [6.07, 6.45) is 0.800.